The van der Waals surface area contributed by atoms with Crippen LogP contribution < -0.4 is 0 Å². The van der Waals surface area contributed by atoms with E-state index in [0.29, 0.717) is 16.7 Å². The van der Waals surface area contributed by atoms with E-state index in [0.717, 1.165) is 0 Å². The van der Waals surface area contributed by atoms with Crippen molar-refractivity contribution in [3.63, 3.8) is 0 Å². The van der Waals surface area contributed by atoms with Gasteiger partial charge in [0.25, 0.3) is 0 Å². The maximum atomic E-state index is 10.7. The van der Waals surface area contributed by atoms with Crippen LogP contribution in [0.3, 0.4) is 0 Å². The van der Waals surface area contributed by atoms with E-state index in [1.54, 1.807) is 25.3 Å². The second-order valence-corrected chi connectivity index (χ2v) is 2.71. The van der Waals surface area contributed by atoms with E-state index in [9.17, 15) is 4.79 Å². The summed E-state index contributed by atoms with van der Waals surface area (Å²) >= 11 is 0. The number of nitrogens with zero attached hydrogens (tertiary/aromatic N) is 1. The van der Waals surface area contributed by atoms with Crippen molar-refractivity contribution >= 4 is 17.1 Å². The smallest absolute Gasteiger partial charge is 0.372 e. The van der Waals surface area contributed by atoms with Crippen molar-refractivity contribution in [1.29, 1.82) is 0 Å². The average molecular weight is 177 g/mol. The molecule has 0 saturated heterocycles. The standard InChI is InChI=1S/C9H7NO3/c1-5-7-6(3-2-4-10-7)13-8(5)9(11)12/h2-4H,1H3,(H,11,12). The predicted molar refractivity (Wildman–Crippen MR) is 45.7 cm³/mol. The van der Waals surface area contributed by atoms with Gasteiger partial charge in [-0.1, -0.05) is 0 Å². The van der Waals surface area contributed by atoms with Crippen LogP contribution in [0.1, 0.15) is 16.1 Å². The van der Waals surface area contributed by atoms with Gasteiger partial charge in [-0.05, 0) is 19.1 Å². The van der Waals surface area contributed by atoms with Crippen LogP contribution in [0.2, 0.25) is 0 Å². The molecule has 0 aliphatic heterocycles. The molecule has 2 aromatic rings. The first-order valence-electron chi connectivity index (χ1n) is 3.77. The largest absolute Gasteiger partial charge is 0.475 e. The third kappa shape index (κ3) is 1.07. The van der Waals surface area contributed by atoms with Crippen molar-refractivity contribution in [2.45, 2.75) is 6.92 Å². The molecule has 0 spiro atoms. The summed E-state index contributed by atoms with van der Waals surface area (Å²) in [5.41, 5.74) is 1.69. The number of carboxylic acids is 1. The number of pyridine rings is 1. The first kappa shape index (κ1) is 7.79. The number of hydrogen-bond donors (Lipinski definition) is 1. The van der Waals surface area contributed by atoms with Crippen LogP contribution in [-0.2, 0) is 0 Å². The number of aryl methyl sites for hydroxylation is 1. The number of carboxylic acid groups (broad SMARTS) is 1. The van der Waals surface area contributed by atoms with Gasteiger partial charge in [0.15, 0.2) is 5.58 Å². The van der Waals surface area contributed by atoms with Crippen molar-refractivity contribution in [2.24, 2.45) is 0 Å². The first-order chi connectivity index (χ1) is 6.20. The van der Waals surface area contributed by atoms with Gasteiger partial charge < -0.3 is 9.52 Å². The maximum Gasteiger partial charge on any atom is 0.372 e. The Kier molecular flexibility index (Phi) is 1.55. The molecule has 4 heteroatoms. The number of carbonyl (C=O) groups is 1. The Labute approximate surface area is 73.8 Å². The highest BCUT2D eigenvalue weighted by atomic mass is 16.4. The van der Waals surface area contributed by atoms with Gasteiger partial charge in [-0.3, -0.25) is 4.98 Å². The number of furan rings is 1. The number of rotatable bonds is 1. The molecule has 0 atom stereocenters. The summed E-state index contributed by atoms with van der Waals surface area (Å²) in [6.45, 7) is 1.68. The summed E-state index contributed by atoms with van der Waals surface area (Å²) in [4.78, 5) is 14.7. The van der Waals surface area contributed by atoms with E-state index in [4.69, 9.17) is 9.52 Å². The first-order valence-corrected chi connectivity index (χ1v) is 3.77. The van der Waals surface area contributed by atoms with Crippen molar-refractivity contribution < 1.29 is 14.3 Å². The minimum Gasteiger partial charge on any atom is -0.475 e. The molecule has 0 aromatic carbocycles. The van der Waals surface area contributed by atoms with Crippen LogP contribution in [0.4, 0.5) is 0 Å². The van der Waals surface area contributed by atoms with E-state index in [1.165, 1.54) is 0 Å². The summed E-state index contributed by atoms with van der Waals surface area (Å²) in [5, 5.41) is 8.75. The summed E-state index contributed by atoms with van der Waals surface area (Å²) in [6.07, 6.45) is 1.61. The predicted octanol–water partition coefficient (Wildman–Crippen LogP) is 1.83. The van der Waals surface area contributed by atoms with Crippen LogP contribution in [0.5, 0.6) is 0 Å². The lowest BCUT2D eigenvalue weighted by Crippen LogP contribution is -1.95. The molecule has 0 fully saturated rings. The Morgan fingerprint density at radius 1 is 1.62 bits per heavy atom. The normalized spacial score (nSPS) is 10.5. The van der Waals surface area contributed by atoms with Gasteiger partial charge in [-0.25, -0.2) is 4.79 Å². The molecule has 2 aromatic heterocycles. The summed E-state index contributed by atoms with van der Waals surface area (Å²) in [5.74, 6) is -1.09. The lowest BCUT2D eigenvalue weighted by Gasteiger charge is -1.86. The van der Waals surface area contributed by atoms with E-state index in [2.05, 4.69) is 4.98 Å². The van der Waals surface area contributed by atoms with Crippen LogP contribution in [-0.4, -0.2) is 16.1 Å². The SMILES string of the molecule is Cc1c(C(=O)O)oc2cccnc12. The van der Waals surface area contributed by atoms with Crippen molar-refractivity contribution in [3.05, 3.63) is 29.7 Å². The summed E-state index contributed by atoms with van der Waals surface area (Å²) < 4.78 is 5.10. The van der Waals surface area contributed by atoms with Gasteiger partial charge in [-0.2, -0.15) is 0 Å². The van der Waals surface area contributed by atoms with E-state index < -0.39 is 5.97 Å². The fourth-order valence-corrected chi connectivity index (χ4v) is 1.25. The van der Waals surface area contributed by atoms with Crippen molar-refractivity contribution in [2.75, 3.05) is 0 Å². The molecule has 0 unspecified atom stereocenters. The van der Waals surface area contributed by atoms with Crippen molar-refractivity contribution in [3.8, 4) is 0 Å². The molecule has 4 nitrogen and oxygen atoms in total. The van der Waals surface area contributed by atoms with Gasteiger partial charge in [0.05, 0.1) is 0 Å². The lowest BCUT2D eigenvalue weighted by molar-refractivity contribution is 0.0664. The molecule has 2 rings (SSSR count). The molecule has 66 valence electrons. The van der Waals surface area contributed by atoms with Gasteiger partial charge in [0.1, 0.15) is 5.52 Å². The highest BCUT2D eigenvalue weighted by Gasteiger charge is 2.16. The Hall–Kier alpha value is -1.84. The Morgan fingerprint density at radius 2 is 2.38 bits per heavy atom. The van der Waals surface area contributed by atoms with Crippen LogP contribution in [0, 0.1) is 6.92 Å². The molecular weight excluding hydrogens is 170 g/mol. The Balaban J connectivity index is 2.81. The minimum atomic E-state index is -1.06. The van der Waals surface area contributed by atoms with E-state index >= 15 is 0 Å². The van der Waals surface area contributed by atoms with Crippen LogP contribution in [0.25, 0.3) is 11.1 Å². The van der Waals surface area contributed by atoms with Gasteiger partial charge in [-0.15, -0.1) is 0 Å². The zero-order chi connectivity index (χ0) is 9.42. The molecule has 2 heterocycles. The minimum absolute atomic E-state index is 0.0336. The van der Waals surface area contributed by atoms with Gasteiger partial charge in [0, 0.05) is 11.8 Å². The van der Waals surface area contributed by atoms with Crippen molar-refractivity contribution in [1.82, 2.24) is 4.98 Å². The number of aromatic carboxylic acids is 1. The monoisotopic (exact) mass is 177 g/mol. The van der Waals surface area contributed by atoms with Gasteiger partial charge >= 0.3 is 5.97 Å². The highest BCUT2D eigenvalue weighted by molar-refractivity contribution is 5.93. The second kappa shape index (κ2) is 2.58. The third-order valence-corrected chi connectivity index (χ3v) is 1.87. The second-order valence-electron chi connectivity index (χ2n) is 2.71. The number of fused-ring (bicyclic) bond motifs is 1. The molecule has 13 heavy (non-hydrogen) atoms. The Morgan fingerprint density at radius 3 is 3.00 bits per heavy atom. The van der Waals surface area contributed by atoms with E-state index in [-0.39, 0.29) is 5.76 Å². The topological polar surface area (TPSA) is 63.3 Å². The number of hydrogen-bond acceptors (Lipinski definition) is 3. The zero-order valence-electron chi connectivity index (χ0n) is 6.94. The highest BCUT2D eigenvalue weighted by Crippen LogP contribution is 2.22. The molecule has 0 radical (unpaired) electrons. The number of aromatic nitrogens is 1. The fourth-order valence-electron chi connectivity index (χ4n) is 1.25. The van der Waals surface area contributed by atoms with Crippen LogP contribution in [0.15, 0.2) is 22.7 Å². The maximum absolute atomic E-state index is 10.7. The molecular formula is C9H7NO3. The molecule has 0 aliphatic carbocycles. The fraction of sp³-hybridized carbons (Fsp3) is 0.111. The lowest BCUT2D eigenvalue weighted by atomic mass is 10.2. The Bertz CT molecular complexity index is 473. The van der Waals surface area contributed by atoms with Crippen LogP contribution >= 0.6 is 0 Å². The zero-order valence-corrected chi connectivity index (χ0v) is 6.94. The van der Waals surface area contributed by atoms with Gasteiger partial charge in [0.2, 0.25) is 5.76 Å². The molecule has 0 saturated carbocycles. The molecule has 0 aliphatic rings. The third-order valence-electron chi connectivity index (χ3n) is 1.87. The summed E-state index contributed by atoms with van der Waals surface area (Å²) in [6, 6.07) is 3.40. The molecule has 0 amide bonds. The summed E-state index contributed by atoms with van der Waals surface area (Å²) in [7, 11) is 0. The van der Waals surface area contributed by atoms with E-state index in [1.807, 2.05) is 0 Å². The quantitative estimate of drug-likeness (QED) is 0.721. The average Bonchev–Trinajstić information content (AvgIpc) is 2.45. The molecule has 1 N–H and O–H groups in total. The molecule has 0 bridgehead atoms.